The molecule has 2 N–H and O–H groups in total. The van der Waals surface area contributed by atoms with Gasteiger partial charge in [0.15, 0.2) is 5.78 Å². The van der Waals surface area contributed by atoms with Gasteiger partial charge in [0.25, 0.3) is 5.91 Å². The Morgan fingerprint density at radius 2 is 1.67 bits per heavy atom. The van der Waals surface area contributed by atoms with Crippen LogP contribution in [0.1, 0.15) is 40.1 Å². The molecule has 0 spiro atoms. The maximum atomic E-state index is 12.6. The van der Waals surface area contributed by atoms with Crippen molar-refractivity contribution < 1.29 is 9.59 Å². The van der Waals surface area contributed by atoms with Crippen molar-refractivity contribution in [2.24, 2.45) is 0 Å². The first kappa shape index (κ1) is 18.3. The molecule has 0 fully saturated rings. The smallest absolute Gasteiger partial charge is 0.257 e. The summed E-state index contributed by atoms with van der Waals surface area (Å²) >= 11 is 0. The number of benzene rings is 2. The van der Waals surface area contributed by atoms with Gasteiger partial charge in [-0.15, -0.1) is 0 Å². The van der Waals surface area contributed by atoms with Crippen molar-refractivity contribution >= 4 is 28.8 Å². The molecule has 0 aliphatic heterocycles. The van der Waals surface area contributed by atoms with Crippen molar-refractivity contribution in [1.82, 2.24) is 4.98 Å². The summed E-state index contributed by atoms with van der Waals surface area (Å²) < 4.78 is 0. The average molecular weight is 359 g/mol. The Kier molecular flexibility index (Phi) is 5.61. The van der Waals surface area contributed by atoms with E-state index in [9.17, 15) is 9.59 Å². The molecular weight excluding hydrogens is 338 g/mol. The highest BCUT2D eigenvalue weighted by atomic mass is 16.1. The molecule has 3 aromatic rings. The summed E-state index contributed by atoms with van der Waals surface area (Å²) in [5.74, 6) is -0.187. The van der Waals surface area contributed by atoms with E-state index in [4.69, 9.17) is 0 Å². The van der Waals surface area contributed by atoms with Crippen LogP contribution in [0.2, 0.25) is 0 Å². The monoisotopic (exact) mass is 359 g/mol. The number of amides is 1. The fraction of sp³-hybridized carbons (Fsp3) is 0.136. The standard InChI is InChI=1S/C22H21N3O2/c1-3-16-6-4-5-7-21(16)25-22(27)18-12-20(14-23-13-18)24-19-10-8-17(9-11-19)15(2)26/h4-14,24H,3H2,1-2H3,(H,25,27). The number of rotatable bonds is 6. The zero-order chi connectivity index (χ0) is 19.2. The lowest BCUT2D eigenvalue weighted by molar-refractivity contribution is 0.101. The van der Waals surface area contributed by atoms with Crippen molar-refractivity contribution in [2.45, 2.75) is 20.3 Å². The molecule has 136 valence electrons. The number of hydrogen-bond acceptors (Lipinski definition) is 4. The number of anilines is 3. The van der Waals surface area contributed by atoms with Gasteiger partial charge in [0.1, 0.15) is 0 Å². The number of carbonyl (C=O) groups excluding carboxylic acids is 2. The van der Waals surface area contributed by atoms with Crippen LogP contribution in [-0.2, 0) is 6.42 Å². The molecule has 0 aliphatic rings. The number of ketones is 1. The molecule has 0 saturated heterocycles. The number of nitrogens with one attached hydrogen (secondary N) is 2. The lowest BCUT2D eigenvalue weighted by Gasteiger charge is -2.11. The van der Waals surface area contributed by atoms with E-state index in [1.807, 2.05) is 36.4 Å². The van der Waals surface area contributed by atoms with E-state index < -0.39 is 0 Å². The van der Waals surface area contributed by atoms with Gasteiger partial charge in [0, 0.05) is 23.1 Å². The second-order valence-corrected chi connectivity index (χ2v) is 6.19. The van der Waals surface area contributed by atoms with Crippen LogP contribution < -0.4 is 10.6 Å². The quantitative estimate of drug-likeness (QED) is 0.618. The zero-order valence-electron chi connectivity index (χ0n) is 15.3. The van der Waals surface area contributed by atoms with Gasteiger partial charge >= 0.3 is 0 Å². The minimum absolute atomic E-state index is 0.0224. The highest BCUT2D eigenvalue weighted by Gasteiger charge is 2.10. The molecule has 5 heteroatoms. The average Bonchev–Trinajstić information content (AvgIpc) is 2.69. The van der Waals surface area contributed by atoms with Gasteiger partial charge in [-0.2, -0.15) is 0 Å². The molecule has 0 aliphatic carbocycles. The number of aromatic nitrogens is 1. The minimum atomic E-state index is -0.209. The predicted molar refractivity (Wildman–Crippen MR) is 108 cm³/mol. The molecule has 27 heavy (non-hydrogen) atoms. The molecule has 0 radical (unpaired) electrons. The Morgan fingerprint density at radius 1 is 0.926 bits per heavy atom. The third-order valence-corrected chi connectivity index (χ3v) is 4.23. The molecule has 0 atom stereocenters. The summed E-state index contributed by atoms with van der Waals surface area (Å²) in [6.45, 7) is 3.58. The van der Waals surface area contributed by atoms with Crippen molar-refractivity contribution in [1.29, 1.82) is 0 Å². The summed E-state index contributed by atoms with van der Waals surface area (Å²) in [4.78, 5) is 28.1. The number of carbonyl (C=O) groups is 2. The molecule has 1 amide bonds. The lowest BCUT2D eigenvalue weighted by atomic mass is 10.1. The number of Topliss-reactive ketones (excluding diaryl/α,β-unsaturated/α-hetero) is 1. The molecule has 2 aromatic carbocycles. The van der Waals surface area contributed by atoms with Crippen LogP contribution in [0.5, 0.6) is 0 Å². The van der Waals surface area contributed by atoms with E-state index in [0.717, 1.165) is 23.4 Å². The summed E-state index contributed by atoms with van der Waals surface area (Å²) in [7, 11) is 0. The van der Waals surface area contributed by atoms with Gasteiger partial charge in [-0.25, -0.2) is 0 Å². The maximum absolute atomic E-state index is 12.6. The molecule has 1 heterocycles. The first-order valence-electron chi connectivity index (χ1n) is 8.79. The van der Waals surface area contributed by atoms with Crippen LogP contribution in [0.25, 0.3) is 0 Å². The van der Waals surface area contributed by atoms with E-state index >= 15 is 0 Å². The van der Waals surface area contributed by atoms with Crippen LogP contribution in [0.15, 0.2) is 67.0 Å². The second-order valence-electron chi connectivity index (χ2n) is 6.19. The van der Waals surface area contributed by atoms with Crippen LogP contribution in [0.4, 0.5) is 17.1 Å². The molecule has 0 bridgehead atoms. The Morgan fingerprint density at radius 3 is 2.37 bits per heavy atom. The van der Waals surface area contributed by atoms with Gasteiger partial charge in [0.05, 0.1) is 17.4 Å². The van der Waals surface area contributed by atoms with Crippen molar-refractivity contribution in [2.75, 3.05) is 10.6 Å². The number of aryl methyl sites for hydroxylation is 1. The lowest BCUT2D eigenvalue weighted by Crippen LogP contribution is -2.13. The molecule has 1 aromatic heterocycles. The number of pyridine rings is 1. The SMILES string of the molecule is CCc1ccccc1NC(=O)c1cncc(Nc2ccc(C(C)=O)cc2)c1. The number of hydrogen-bond donors (Lipinski definition) is 2. The Balaban J connectivity index is 1.74. The van der Waals surface area contributed by atoms with E-state index in [2.05, 4.69) is 22.5 Å². The van der Waals surface area contributed by atoms with Gasteiger partial charge in [-0.1, -0.05) is 25.1 Å². The zero-order valence-corrected chi connectivity index (χ0v) is 15.3. The molecular formula is C22H21N3O2. The summed E-state index contributed by atoms with van der Waals surface area (Å²) in [5, 5.41) is 6.14. The third-order valence-electron chi connectivity index (χ3n) is 4.23. The highest BCUT2D eigenvalue weighted by molar-refractivity contribution is 6.05. The summed E-state index contributed by atoms with van der Waals surface area (Å²) in [6.07, 6.45) is 4.02. The largest absolute Gasteiger partial charge is 0.354 e. The molecule has 0 saturated carbocycles. The topological polar surface area (TPSA) is 71.1 Å². The van der Waals surface area contributed by atoms with Crippen LogP contribution in [0, 0.1) is 0 Å². The van der Waals surface area contributed by atoms with Crippen molar-refractivity contribution in [3.05, 3.63) is 83.7 Å². The van der Waals surface area contributed by atoms with Crippen molar-refractivity contribution in [3.63, 3.8) is 0 Å². The van der Waals surface area contributed by atoms with E-state index in [0.29, 0.717) is 16.8 Å². The molecule has 5 nitrogen and oxygen atoms in total. The van der Waals surface area contributed by atoms with Crippen LogP contribution in [0.3, 0.4) is 0 Å². The first-order valence-corrected chi connectivity index (χ1v) is 8.79. The summed E-state index contributed by atoms with van der Waals surface area (Å²) in [6, 6.07) is 16.7. The fourth-order valence-electron chi connectivity index (χ4n) is 2.73. The van der Waals surface area contributed by atoms with E-state index in [1.54, 1.807) is 24.4 Å². The van der Waals surface area contributed by atoms with E-state index in [1.165, 1.54) is 13.1 Å². The van der Waals surface area contributed by atoms with Gasteiger partial charge in [-0.05, 0) is 55.3 Å². The normalized spacial score (nSPS) is 10.3. The minimum Gasteiger partial charge on any atom is -0.354 e. The summed E-state index contributed by atoms with van der Waals surface area (Å²) in [5.41, 5.74) is 4.52. The fourth-order valence-corrected chi connectivity index (χ4v) is 2.73. The van der Waals surface area contributed by atoms with Gasteiger partial charge < -0.3 is 10.6 Å². The number of para-hydroxylation sites is 1. The molecule has 3 rings (SSSR count). The Labute approximate surface area is 158 Å². The third kappa shape index (κ3) is 4.58. The maximum Gasteiger partial charge on any atom is 0.257 e. The Bertz CT molecular complexity index is 965. The number of nitrogens with zero attached hydrogens (tertiary/aromatic N) is 1. The molecule has 0 unspecified atom stereocenters. The van der Waals surface area contributed by atoms with Gasteiger partial charge in [0.2, 0.25) is 0 Å². The highest BCUT2D eigenvalue weighted by Crippen LogP contribution is 2.20. The Hall–Kier alpha value is -3.47. The first-order chi connectivity index (χ1) is 13.1. The second kappa shape index (κ2) is 8.27. The van der Waals surface area contributed by atoms with Gasteiger partial charge in [-0.3, -0.25) is 14.6 Å². The van der Waals surface area contributed by atoms with Crippen molar-refractivity contribution in [3.8, 4) is 0 Å². The predicted octanol–water partition coefficient (Wildman–Crippen LogP) is 4.84. The van der Waals surface area contributed by atoms with E-state index in [-0.39, 0.29) is 11.7 Å². The van der Waals surface area contributed by atoms with Crippen LogP contribution in [-0.4, -0.2) is 16.7 Å². The van der Waals surface area contributed by atoms with Crippen LogP contribution >= 0.6 is 0 Å².